The van der Waals surface area contributed by atoms with E-state index in [9.17, 15) is 4.79 Å². The number of hydrogen-bond donors (Lipinski definition) is 1. The lowest BCUT2D eigenvalue weighted by Crippen LogP contribution is -2.14. The van der Waals surface area contributed by atoms with Crippen molar-refractivity contribution in [2.45, 2.75) is 20.3 Å². The zero-order chi connectivity index (χ0) is 12.3. The summed E-state index contributed by atoms with van der Waals surface area (Å²) >= 11 is 0. The molecule has 2 rings (SSSR count). The minimum absolute atomic E-state index is 0.0278. The summed E-state index contributed by atoms with van der Waals surface area (Å²) in [6, 6.07) is 13.8. The maximum atomic E-state index is 11.9. The van der Waals surface area contributed by atoms with Crippen molar-refractivity contribution >= 4 is 0 Å². The SMILES string of the molecule is CC(C)Cc1ccc(-c2ccccc2)[nH]c1=O. The summed E-state index contributed by atoms with van der Waals surface area (Å²) in [5.74, 6) is 0.499. The van der Waals surface area contributed by atoms with Gasteiger partial charge in [0, 0.05) is 11.3 Å². The highest BCUT2D eigenvalue weighted by Crippen LogP contribution is 2.15. The highest BCUT2D eigenvalue weighted by molar-refractivity contribution is 5.58. The molecule has 0 fully saturated rings. The van der Waals surface area contributed by atoms with Crippen LogP contribution in [0.25, 0.3) is 11.3 Å². The van der Waals surface area contributed by atoms with Crippen LogP contribution in [0.5, 0.6) is 0 Å². The summed E-state index contributed by atoms with van der Waals surface area (Å²) in [6.07, 6.45) is 0.824. The molecule has 0 aliphatic heterocycles. The van der Waals surface area contributed by atoms with Crippen molar-refractivity contribution in [2.24, 2.45) is 5.92 Å². The first kappa shape index (κ1) is 11.6. The van der Waals surface area contributed by atoms with Crippen LogP contribution in [0.4, 0.5) is 0 Å². The molecule has 0 radical (unpaired) electrons. The second-order valence-corrected chi connectivity index (χ2v) is 4.69. The van der Waals surface area contributed by atoms with Crippen molar-refractivity contribution < 1.29 is 0 Å². The average Bonchev–Trinajstić information content (AvgIpc) is 2.32. The predicted molar refractivity (Wildman–Crippen MR) is 71.0 cm³/mol. The molecule has 1 aromatic carbocycles. The number of rotatable bonds is 3. The molecule has 0 amide bonds. The van der Waals surface area contributed by atoms with Gasteiger partial charge >= 0.3 is 0 Å². The zero-order valence-electron chi connectivity index (χ0n) is 10.2. The number of nitrogens with one attached hydrogen (secondary N) is 1. The van der Waals surface area contributed by atoms with Crippen LogP contribution in [0.1, 0.15) is 19.4 Å². The van der Waals surface area contributed by atoms with E-state index in [2.05, 4.69) is 18.8 Å². The molecule has 0 bridgehead atoms. The van der Waals surface area contributed by atoms with Gasteiger partial charge in [0.1, 0.15) is 0 Å². The molecule has 0 aliphatic rings. The largest absolute Gasteiger partial charge is 0.322 e. The Morgan fingerprint density at radius 2 is 1.76 bits per heavy atom. The molecule has 1 aromatic heterocycles. The van der Waals surface area contributed by atoms with Crippen LogP contribution < -0.4 is 5.56 Å². The van der Waals surface area contributed by atoms with E-state index in [-0.39, 0.29) is 5.56 Å². The number of hydrogen-bond acceptors (Lipinski definition) is 1. The number of aromatic amines is 1. The van der Waals surface area contributed by atoms with Gasteiger partial charge in [0.05, 0.1) is 0 Å². The monoisotopic (exact) mass is 227 g/mol. The van der Waals surface area contributed by atoms with Crippen LogP contribution in [-0.4, -0.2) is 4.98 Å². The molecule has 2 heteroatoms. The predicted octanol–water partition coefficient (Wildman–Crippen LogP) is 3.24. The van der Waals surface area contributed by atoms with Crippen LogP contribution >= 0.6 is 0 Å². The molecule has 0 spiro atoms. The van der Waals surface area contributed by atoms with Crippen LogP contribution in [-0.2, 0) is 6.42 Å². The highest BCUT2D eigenvalue weighted by atomic mass is 16.1. The Balaban J connectivity index is 2.35. The normalized spacial score (nSPS) is 10.8. The van der Waals surface area contributed by atoms with Crippen molar-refractivity contribution in [3.8, 4) is 11.3 Å². The fraction of sp³-hybridized carbons (Fsp3) is 0.267. The lowest BCUT2D eigenvalue weighted by atomic mass is 10.0. The standard InChI is InChI=1S/C15H17NO/c1-11(2)10-13-8-9-14(16-15(13)17)12-6-4-3-5-7-12/h3-9,11H,10H2,1-2H3,(H,16,17). The summed E-state index contributed by atoms with van der Waals surface area (Å²) in [4.78, 5) is 14.8. The lowest BCUT2D eigenvalue weighted by Gasteiger charge is -2.06. The average molecular weight is 227 g/mol. The molecule has 17 heavy (non-hydrogen) atoms. The van der Waals surface area contributed by atoms with Gasteiger partial charge in [-0.3, -0.25) is 4.79 Å². The molecule has 0 aliphatic carbocycles. The van der Waals surface area contributed by atoms with Gasteiger partial charge in [-0.1, -0.05) is 50.2 Å². The van der Waals surface area contributed by atoms with Gasteiger partial charge in [0.25, 0.3) is 5.56 Å². The number of pyridine rings is 1. The van der Waals surface area contributed by atoms with Crippen LogP contribution in [0.15, 0.2) is 47.3 Å². The van der Waals surface area contributed by atoms with E-state index in [1.165, 1.54) is 0 Å². The first-order valence-corrected chi connectivity index (χ1v) is 5.94. The Labute approximate surface area is 101 Å². The first-order valence-electron chi connectivity index (χ1n) is 5.94. The van der Waals surface area contributed by atoms with E-state index in [4.69, 9.17) is 0 Å². The van der Waals surface area contributed by atoms with E-state index < -0.39 is 0 Å². The Morgan fingerprint density at radius 1 is 1.06 bits per heavy atom. The number of benzene rings is 1. The summed E-state index contributed by atoms with van der Waals surface area (Å²) in [5, 5.41) is 0. The highest BCUT2D eigenvalue weighted by Gasteiger charge is 2.04. The third kappa shape index (κ3) is 2.84. The molecule has 1 heterocycles. The molecule has 0 atom stereocenters. The second kappa shape index (κ2) is 5.00. The topological polar surface area (TPSA) is 32.9 Å². The number of H-pyrrole nitrogens is 1. The van der Waals surface area contributed by atoms with Gasteiger partial charge < -0.3 is 4.98 Å². The van der Waals surface area contributed by atoms with Crippen LogP contribution in [0.3, 0.4) is 0 Å². The molecule has 0 saturated carbocycles. The Bertz CT molecular complexity index is 540. The summed E-state index contributed by atoms with van der Waals surface area (Å²) in [7, 11) is 0. The smallest absolute Gasteiger partial charge is 0.251 e. The van der Waals surface area contributed by atoms with Crippen molar-refractivity contribution in [3.63, 3.8) is 0 Å². The van der Waals surface area contributed by atoms with E-state index in [0.717, 1.165) is 23.2 Å². The molecule has 2 nitrogen and oxygen atoms in total. The van der Waals surface area contributed by atoms with Crippen molar-refractivity contribution in [1.29, 1.82) is 0 Å². The molecule has 0 saturated heterocycles. The quantitative estimate of drug-likeness (QED) is 0.857. The Hall–Kier alpha value is -1.83. The minimum atomic E-state index is 0.0278. The first-order chi connectivity index (χ1) is 8.16. The van der Waals surface area contributed by atoms with Crippen molar-refractivity contribution in [2.75, 3.05) is 0 Å². The van der Waals surface area contributed by atoms with Gasteiger partial charge in [-0.25, -0.2) is 0 Å². The fourth-order valence-corrected chi connectivity index (χ4v) is 1.89. The maximum absolute atomic E-state index is 11.9. The van der Waals surface area contributed by atoms with Crippen molar-refractivity contribution in [1.82, 2.24) is 4.98 Å². The molecule has 0 unspecified atom stereocenters. The van der Waals surface area contributed by atoms with E-state index in [0.29, 0.717) is 5.92 Å². The summed E-state index contributed by atoms with van der Waals surface area (Å²) in [6.45, 7) is 4.23. The molecule has 88 valence electrons. The molecule has 2 aromatic rings. The fourth-order valence-electron chi connectivity index (χ4n) is 1.89. The van der Waals surface area contributed by atoms with Crippen LogP contribution in [0, 0.1) is 5.92 Å². The van der Waals surface area contributed by atoms with Gasteiger partial charge in [0.15, 0.2) is 0 Å². The van der Waals surface area contributed by atoms with Gasteiger partial charge in [0.2, 0.25) is 0 Å². The van der Waals surface area contributed by atoms with E-state index in [1.54, 1.807) is 0 Å². The second-order valence-electron chi connectivity index (χ2n) is 4.69. The summed E-state index contributed by atoms with van der Waals surface area (Å²) in [5.41, 5.74) is 2.81. The Kier molecular flexibility index (Phi) is 3.43. The summed E-state index contributed by atoms with van der Waals surface area (Å²) < 4.78 is 0. The lowest BCUT2D eigenvalue weighted by molar-refractivity contribution is 0.642. The van der Waals surface area contributed by atoms with Gasteiger partial charge in [-0.2, -0.15) is 0 Å². The molecule has 1 N–H and O–H groups in total. The third-order valence-corrected chi connectivity index (χ3v) is 2.70. The van der Waals surface area contributed by atoms with Gasteiger partial charge in [-0.05, 0) is 24.0 Å². The Morgan fingerprint density at radius 3 is 2.35 bits per heavy atom. The maximum Gasteiger partial charge on any atom is 0.251 e. The molecular formula is C15H17NO. The van der Waals surface area contributed by atoms with Gasteiger partial charge in [-0.15, -0.1) is 0 Å². The number of aromatic nitrogens is 1. The minimum Gasteiger partial charge on any atom is -0.322 e. The molecular weight excluding hydrogens is 210 g/mol. The third-order valence-electron chi connectivity index (χ3n) is 2.70. The van der Waals surface area contributed by atoms with E-state index >= 15 is 0 Å². The van der Waals surface area contributed by atoms with Crippen molar-refractivity contribution in [3.05, 3.63) is 58.4 Å². The van der Waals surface area contributed by atoms with Crippen LogP contribution in [0.2, 0.25) is 0 Å². The zero-order valence-corrected chi connectivity index (χ0v) is 10.2. The van der Waals surface area contributed by atoms with E-state index in [1.807, 2.05) is 42.5 Å².